The Morgan fingerprint density at radius 3 is 2.76 bits per heavy atom. The van der Waals surface area contributed by atoms with Crippen molar-refractivity contribution in [3.8, 4) is 0 Å². The number of aliphatic hydroxyl groups is 1. The highest BCUT2D eigenvalue weighted by atomic mass is 19.1. The molecular weight excluding hydrogens is 225 g/mol. The molecule has 4 nitrogen and oxygen atoms in total. The average Bonchev–Trinajstić information content (AvgIpc) is 2.71. The van der Waals surface area contributed by atoms with Crippen LogP contribution in [0.25, 0.3) is 0 Å². The van der Waals surface area contributed by atoms with Gasteiger partial charge in [0.2, 0.25) is 0 Å². The van der Waals surface area contributed by atoms with Gasteiger partial charge in [0, 0.05) is 18.5 Å². The Balaban J connectivity index is 1.96. The molecule has 0 radical (unpaired) electrons. The number of alkyl halides is 1. The lowest BCUT2D eigenvalue weighted by Gasteiger charge is -2.38. The summed E-state index contributed by atoms with van der Waals surface area (Å²) in [5, 5.41) is 9.54. The fourth-order valence-electron chi connectivity index (χ4n) is 2.87. The van der Waals surface area contributed by atoms with E-state index in [2.05, 4.69) is 0 Å². The Hall–Kier alpha value is -0.840. The zero-order valence-corrected chi connectivity index (χ0v) is 10.5. The van der Waals surface area contributed by atoms with Gasteiger partial charge in [-0.15, -0.1) is 0 Å². The Morgan fingerprint density at radius 2 is 2.24 bits per heavy atom. The summed E-state index contributed by atoms with van der Waals surface area (Å²) in [5.41, 5.74) is -0.516. The molecule has 98 valence electrons. The van der Waals surface area contributed by atoms with Gasteiger partial charge in [-0.1, -0.05) is 0 Å². The van der Waals surface area contributed by atoms with Gasteiger partial charge in [-0.3, -0.25) is 0 Å². The number of ether oxygens (including phenoxy) is 1. The van der Waals surface area contributed by atoms with Gasteiger partial charge < -0.3 is 14.7 Å². The molecule has 2 saturated heterocycles. The Kier molecular flexibility index (Phi) is 3.06. The van der Waals surface area contributed by atoms with Crippen molar-refractivity contribution in [3.05, 3.63) is 0 Å². The maximum absolute atomic E-state index is 12.4. The van der Waals surface area contributed by atoms with Crippen LogP contribution in [0, 0.1) is 11.8 Å². The number of halogens is 1. The van der Waals surface area contributed by atoms with Gasteiger partial charge in [-0.05, 0) is 33.1 Å². The van der Waals surface area contributed by atoms with E-state index in [-0.39, 0.29) is 24.0 Å². The predicted molar refractivity (Wildman–Crippen MR) is 60.3 cm³/mol. The quantitative estimate of drug-likeness (QED) is 0.803. The molecule has 2 aliphatic heterocycles. The second-order valence-electron chi connectivity index (χ2n) is 5.99. The SMILES string of the molecule is CC(C)(C)OC(=O)N1C[C@@H]2C[C@H]1C2C(O)CF. The maximum Gasteiger partial charge on any atom is 0.410 e. The van der Waals surface area contributed by atoms with E-state index in [4.69, 9.17) is 4.74 Å². The van der Waals surface area contributed by atoms with Gasteiger partial charge in [-0.25, -0.2) is 9.18 Å². The van der Waals surface area contributed by atoms with Gasteiger partial charge in [0.25, 0.3) is 0 Å². The molecule has 3 rings (SSSR count). The summed E-state index contributed by atoms with van der Waals surface area (Å²) in [5.74, 6) is 0.130. The van der Waals surface area contributed by atoms with E-state index in [9.17, 15) is 14.3 Å². The molecule has 3 aliphatic rings. The molecule has 4 atom stereocenters. The summed E-state index contributed by atoms with van der Waals surface area (Å²) < 4.78 is 17.7. The van der Waals surface area contributed by atoms with E-state index in [1.54, 1.807) is 4.90 Å². The minimum atomic E-state index is -0.939. The third kappa shape index (κ3) is 2.25. The van der Waals surface area contributed by atoms with Crippen molar-refractivity contribution in [1.29, 1.82) is 0 Å². The minimum absolute atomic E-state index is 0.0411. The van der Waals surface area contributed by atoms with Crippen molar-refractivity contribution in [2.24, 2.45) is 11.8 Å². The minimum Gasteiger partial charge on any atom is -0.444 e. The van der Waals surface area contributed by atoms with Crippen molar-refractivity contribution in [1.82, 2.24) is 4.90 Å². The molecule has 1 saturated carbocycles. The largest absolute Gasteiger partial charge is 0.444 e. The summed E-state index contributed by atoms with van der Waals surface area (Å²) in [6.07, 6.45) is -0.425. The second-order valence-corrected chi connectivity index (χ2v) is 5.99. The van der Waals surface area contributed by atoms with Crippen LogP contribution < -0.4 is 0 Å². The van der Waals surface area contributed by atoms with E-state index < -0.39 is 18.4 Å². The first-order valence-corrected chi connectivity index (χ1v) is 6.07. The fourth-order valence-corrected chi connectivity index (χ4v) is 2.87. The standard InChI is InChI=1S/C12H20FNO3/c1-12(2,3)17-11(16)14-6-7-4-8(14)10(7)9(15)5-13/h7-10,15H,4-6H2,1-3H3/t7-,8-,9?,10?/m0/s1. The molecule has 0 aromatic carbocycles. The maximum atomic E-state index is 12.4. The molecule has 0 spiro atoms. The van der Waals surface area contributed by atoms with Crippen LogP contribution in [-0.4, -0.2) is 47.1 Å². The average molecular weight is 245 g/mol. The number of fused-ring (bicyclic) bond motifs is 1. The van der Waals surface area contributed by atoms with E-state index in [0.717, 1.165) is 6.42 Å². The molecule has 2 heterocycles. The number of hydrogen-bond acceptors (Lipinski definition) is 3. The van der Waals surface area contributed by atoms with E-state index >= 15 is 0 Å². The van der Waals surface area contributed by atoms with Crippen LogP contribution in [-0.2, 0) is 4.74 Å². The lowest BCUT2D eigenvalue weighted by atomic mass is 9.71. The second kappa shape index (κ2) is 4.12. The Labute approximate surface area is 101 Å². The molecule has 2 bridgehead atoms. The molecule has 1 amide bonds. The van der Waals surface area contributed by atoms with Crippen LogP contribution in [0.2, 0.25) is 0 Å². The van der Waals surface area contributed by atoms with Crippen LogP contribution in [0.15, 0.2) is 0 Å². The first-order chi connectivity index (χ1) is 7.83. The van der Waals surface area contributed by atoms with Gasteiger partial charge in [0.05, 0.1) is 6.10 Å². The highest BCUT2D eigenvalue weighted by Gasteiger charge is 2.56. The van der Waals surface area contributed by atoms with E-state index in [1.165, 1.54) is 0 Å². The number of carbonyl (C=O) groups is 1. The zero-order valence-electron chi connectivity index (χ0n) is 10.5. The van der Waals surface area contributed by atoms with E-state index in [0.29, 0.717) is 6.54 Å². The molecule has 5 heteroatoms. The van der Waals surface area contributed by atoms with Crippen LogP contribution in [0.5, 0.6) is 0 Å². The number of hydrogen-bond donors (Lipinski definition) is 1. The van der Waals surface area contributed by atoms with Gasteiger partial charge in [0.1, 0.15) is 12.3 Å². The summed E-state index contributed by atoms with van der Waals surface area (Å²) in [6, 6.07) is -0.0411. The molecule has 0 aromatic rings. The number of rotatable bonds is 2. The lowest BCUT2D eigenvalue weighted by molar-refractivity contribution is -0.0129. The fraction of sp³-hybridized carbons (Fsp3) is 0.917. The summed E-state index contributed by atoms with van der Waals surface area (Å²) in [7, 11) is 0. The molecule has 2 unspecified atom stereocenters. The van der Waals surface area contributed by atoms with Gasteiger partial charge in [0.15, 0.2) is 0 Å². The van der Waals surface area contributed by atoms with Crippen LogP contribution in [0.1, 0.15) is 27.2 Å². The number of amides is 1. The highest BCUT2D eigenvalue weighted by molar-refractivity contribution is 5.69. The topological polar surface area (TPSA) is 49.8 Å². The summed E-state index contributed by atoms with van der Waals surface area (Å²) >= 11 is 0. The first-order valence-electron chi connectivity index (χ1n) is 6.07. The van der Waals surface area contributed by atoms with Crippen molar-refractivity contribution in [3.63, 3.8) is 0 Å². The molecule has 1 N–H and O–H groups in total. The van der Waals surface area contributed by atoms with Crippen molar-refractivity contribution >= 4 is 6.09 Å². The molecule has 3 fully saturated rings. The van der Waals surface area contributed by atoms with E-state index in [1.807, 2.05) is 20.8 Å². The highest BCUT2D eigenvalue weighted by Crippen LogP contribution is 2.48. The number of nitrogens with zero attached hydrogens (tertiary/aromatic N) is 1. The Morgan fingerprint density at radius 1 is 1.59 bits per heavy atom. The van der Waals surface area contributed by atoms with Crippen LogP contribution in [0.4, 0.5) is 9.18 Å². The van der Waals surface area contributed by atoms with Gasteiger partial charge >= 0.3 is 6.09 Å². The van der Waals surface area contributed by atoms with Crippen molar-refractivity contribution in [2.45, 2.75) is 44.9 Å². The monoisotopic (exact) mass is 245 g/mol. The van der Waals surface area contributed by atoms with Crippen LogP contribution >= 0.6 is 0 Å². The van der Waals surface area contributed by atoms with Crippen LogP contribution in [0.3, 0.4) is 0 Å². The lowest BCUT2D eigenvalue weighted by Crippen LogP contribution is -2.48. The number of aliphatic hydroxyl groups excluding tert-OH is 1. The summed E-state index contributed by atoms with van der Waals surface area (Å²) in [4.78, 5) is 13.5. The Bertz CT molecular complexity index is 315. The molecule has 1 aliphatic carbocycles. The number of carbonyl (C=O) groups excluding carboxylic acids is 1. The van der Waals surface area contributed by atoms with Gasteiger partial charge in [-0.2, -0.15) is 0 Å². The first kappa shape index (κ1) is 12.6. The normalized spacial score (nSPS) is 33.2. The third-order valence-corrected chi connectivity index (χ3v) is 3.59. The molecular formula is C12H20FNO3. The predicted octanol–water partition coefficient (Wildman–Crippen LogP) is 1.57. The molecule has 0 aromatic heterocycles. The molecule has 17 heavy (non-hydrogen) atoms. The third-order valence-electron chi connectivity index (χ3n) is 3.59. The summed E-state index contributed by atoms with van der Waals surface area (Å²) in [6.45, 7) is 5.30. The van der Waals surface area contributed by atoms with Crippen molar-refractivity contribution in [2.75, 3.05) is 13.2 Å². The zero-order chi connectivity index (χ0) is 12.8. The van der Waals surface area contributed by atoms with Crippen molar-refractivity contribution < 1.29 is 19.0 Å². The smallest absolute Gasteiger partial charge is 0.410 e.